The molecule has 4 heteroatoms. The van der Waals surface area contributed by atoms with Gasteiger partial charge in [0.25, 0.3) is 0 Å². The third-order valence-corrected chi connectivity index (χ3v) is 2.45. The van der Waals surface area contributed by atoms with Gasteiger partial charge >= 0.3 is 0 Å². The Morgan fingerprint density at radius 3 is 2.59 bits per heavy atom. The molecule has 0 atom stereocenters. The van der Waals surface area contributed by atoms with Crippen molar-refractivity contribution in [2.75, 3.05) is 5.32 Å². The van der Waals surface area contributed by atoms with Crippen molar-refractivity contribution in [2.45, 2.75) is 33.1 Å². The van der Waals surface area contributed by atoms with Crippen LogP contribution in [0.2, 0.25) is 0 Å². The highest BCUT2D eigenvalue weighted by atomic mass is 16.4. The third-order valence-electron chi connectivity index (χ3n) is 2.45. The minimum absolute atomic E-state index is 0.0831. The van der Waals surface area contributed by atoms with Crippen LogP contribution in [0.25, 0.3) is 0 Å². The number of anilines is 1. The number of nitrogens with one attached hydrogen (secondary N) is 1. The molecule has 1 amide bonds. The van der Waals surface area contributed by atoms with Gasteiger partial charge in [0, 0.05) is 18.1 Å². The van der Waals surface area contributed by atoms with Gasteiger partial charge in [0.15, 0.2) is 0 Å². The minimum Gasteiger partial charge on any atom is -0.550 e. The van der Waals surface area contributed by atoms with Crippen LogP contribution in [0.3, 0.4) is 0 Å². The molecule has 0 saturated heterocycles. The molecule has 0 bridgehead atoms. The first-order valence-electron chi connectivity index (χ1n) is 5.56. The average Bonchev–Trinajstić information content (AvgIpc) is 2.23. The monoisotopic (exact) mass is 234 g/mol. The molecule has 1 rings (SSSR count). The second-order valence-electron chi connectivity index (χ2n) is 4.09. The fraction of sp³-hybridized carbons (Fsp3) is 0.385. The molecule has 4 nitrogen and oxygen atoms in total. The molecule has 0 spiro atoms. The summed E-state index contributed by atoms with van der Waals surface area (Å²) in [6, 6.07) is 5.80. The number of aryl methyl sites for hydroxylation is 2. The van der Waals surface area contributed by atoms with Gasteiger partial charge < -0.3 is 15.2 Å². The number of carbonyl (C=O) groups is 2. The van der Waals surface area contributed by atoms with Gasteiger partial charge in [-0.3, -0.25) is 4.79 Å². The highest BCUT2D eigenvalue weighted by molar-refractivity contribution is 5.91. The lowest BCUT2D eigenvalue weighted by Gasteiger charge is -2.09. The normalized spacial score (nSPS) is 10.0. The van der Waals surface area contributed by atoms with E-state index in [1.807, 2.05) is 32.0 Å². The molecule has 0 aromatic heterocycles. The van der Waals surface area contributed by atoms with Crippen LogP contribution in [0, 0.1) is 13.8 Å². The van der Waals surface area contributed by atoms with E-state index in [1.165, 1.54) is 0 Å². The summed E-state index contributed by atoms with van der Waals surface area (Å²) in [5, 5.41) is 13.0. The fourth-order valence-corrected chi connectivity index (χ4v) is 1.48. The van der Waals surface area contributed by atoms with E-state index in [4.69, 9.17) is 0 Å². The zero-order chi connectivity index (χ0) is 12.8. The molecule has 0 aliphatic heterocycles. The SMILES string of the molecule is Cc1ccc(C)c(NC(=O)CCCC(=O)[O-])c1. The van der Waals surface area contributed by atoms with E-state index in [-0.39, 0.29) is 18.7 Å². The maximum Gasteiger partial charge on any atom is 0.224 e. The number of carbonyl (C=O) groups excluding carboxylic acids is 2. The van der Waals surface area contributed by atoms with E-state index < -0.39 is 5.97 Å². The van der Waals surface area contributed by atoms with Gasteiger partial charge in [-0.15, -0.1) is 0 Å². The van der Waals surface area contributed by atoms with Crippen molar-refractivity contribution in [1.82, 2.24) is 0 Å². The van der Waals surface area contributed by atoms with Crippen molar-refractivity contribution in [3.63, 3.8) is 0 Å². The van der Waals surface area contributed by atoms with Crippen LogP contribution in [0.4, 0.5) is 5.69 Å². The molecule has 1 aromatic carbocycles. The van der Waals surface area contributed by atoms with Gasteiger partial charge in [0.1, 0.15) is 0 Å². The first-order chi connectivity index (χ1) is 7.99. The largest absolute Gasteiger partial charge is 0.550 e. The number of carboxylic acids is 1. The van der Waals surface area contributed by atoms with E-state index in [9.17, 15) is 14.7 Å². The number of rotatable bonds is 5. The fourth-order valence-electron chi connectivity index (χ4n) is 1.48. The average molecular weight is 234 g/mol. The molecule has 0 aliphatic rings. The Kier molecular flexibility index (Phi) is 4.69. The van der Waals surface area contributed by atoms with Crippen molar-refractivity contribution in [1.29, 1.82) is 0 Å². The highest BCUT2D eigenvalue weighted by Gasteiger charge is 2.04. The Morgan fingerprint density at radius 2 is 1.94 bits per heavy atom. The van der Waals surface area contributed by atoms with Gasteiger partial charge in [-0.25, -0.2) is 0 Å². The second-order valence-corrected chi connectivity index (χ2v) is 4.09. The van der Waals surface area contributed by atoms with Crippen LogP contribution in [0.5, 0.6) is 0 Å². The standard InChI is InChI=1S/C13H17NO3/c1-9-6-7-10(2)11(8-9)14-12(15)4-3-5-13(16)17/h6-8H,3-5H2,1-2H3,(H,14,15)(H,16,17)/p-1. The predicted molar refractivity (Wildman–Crippen MR) is 63.4 cm³/mol. The molecular weight excluding hydrogens is 218 g/mol. The number of benzene rings is 1. The van der Waals surface area contributed by atoms with Gasteiger partial charge in [-0.1, -0.05) is 12.1 Å². The van der Waals surface area contributed by atoms with Gasteiger partial charge in [0.2, 0.25) is 5.91 Å². The molecule has 0 radical (unpaired) electrons. The minimum atomic E-state index is -1.12. The molecule has 0 fully saturated rings. The summed E-state index contributed by atoms with van der Waals surface area (Å²) in [7, 11) is 0. The van der Waals surface area contributed by atoms with Crippen molar-refractivity contribution in [3.8, 4) is 0 Å². The second kappa shape index (κ2) is 6.03. The Balaban J connectivity index is 2.50. The van der Waals surface area contributed by atoms with Crippen LogP contribution in [0.15, 0.2) is 18.2 Å². The quantitative estimate of drug-likeness (QED) is 0.831. The highest BCUT2D eigenvalue weighted by Crippen LogP contribution is 2.16. The van der Waals surface area contributed by atoms with Gasteiger partial charge in [0.05, 0.1) is 0 Å². The lowest BCUT2D eigenvalue weighted by molar-refractivity contribution is -0.305. The van der Waals surface area contributed by atoms with E-state index in [0.717, 1.165) is 16.8 Å². The zero-order valence-corrected chi connectivity index (χ0v) is 10.1. The summed E-state index contributed by atoms with van der Waals surface area (Å²) in [6.45, 7) is 3.86. The van der Waals surface area contributed by atoms with Crippen LogP contribution in [-0.4, -0.2) is 11.9 Å². The first-order valence-corrected chi connectivity index (χ1v) is 5.56. The smallest absolute Gasteiger partial charge is 0.224 e. The third kappa shape index (κ3) is 4.68. The molecule has 0 saturated carbocycles. The van der Waals surface area contributed by atoms with Crippen LogP contribution in [-0.2, 0) is 9.59 Å². The van der Waals surface area contributed by atoms with Gasteiger partial charge in [-0.2, -0.15) is 0 Å². The lowest BCUT2D eigenvalue weighted by atomic mass is 10.1. The summed E-state index contributed by atoms with van der Waals surface area (Å²) < 4.78 is 0. The molecule has 1 N–H and O–H groups in total. The molecule has 92 valence electrons. The number of carboxylic acid groups (broad SMARTS) is 1. The first kappa shape index (κ1) is 13.2. The Hall–Kier alpha value is -1.84. The summed E-state index contributed by atoms with van der Waals surface area (Å²) in [6.07, 6.45) is 0.417. The van der Waals surface area contributed by atoms with Crippen molar-refractivity contribution >= 4 is 17.6 Å². The molecule has 0 unspecified atom stereocenters. The number of amides is 1. The van der Waals surface area contributed by atoms with E-state index >= 15 is 0 Å². The van der Waals surface area contributed by atoms with E-state index in [1.54, 1.807) is 0 Å². The van der Waals surface area contributed by atoms with Crippen LogP contribution in [0.1, 0.15) is 30.4 Å². The van der Waals surface area contributed by atoms with Crippen LogP contribution < -0.4 is 10.4 Å². The molecular formula is C13H16NO3-. The lowest BCUT2D eigenvalue weighted by Crippen LogP contribution is -2.22. The van der Waals surface area contributed by atoms with Crippen molar-refractivity contribution < 1.29 is 14.7 Å². The summed E-state index contributed by atoms with van der Waals surface area (Å²) in [5.41, 5.74) is 2.84. The van der Waals surface area contributed by atoms with E-state index in [2.05, 4.69) is 5.32 Å². The summed E-state index contributed by atoms with van der Waals surface area (Å²) in [5.74, 6) is -1.29. The molecule has 0 aliphatic carbocycles. The van der Waals surface area contributed by atoms with E-state index in [0.29, 0.717) is 6.42 Å². The summed E-state index contributed by atoms with van der Waals surface area (Å²) in [4.78, 5) is 21.7. The Morgan fingerprint density at radius 1 is 1.24 bits per heavy atom. The Labute approximate surface area is 101 Å². The molecule has 17 heavy (non-hydrogen) atoms. The summed E-state index contributed by atoms with van der Waals surface area (Å²) >= 11 is 0. The van der Waals surface area contributed by atoms with Crippen LogP contribution >= 0.6 is 0 Å². The number of aliphatic carboxylic acids is 1. The molecule has 0 heterocycles. The predicted octanol–water partition coefficient (Wildman–Crippen LogP) is 1.16. The number of hydrogen-bond acceptors (Lipinski definition) is 3. The maximum absolute atomic E-state index is 11.5. The van der Waals surface area contributed by atoms with Crippen molar-refractivity contribution in [3.05, 3.63) is 29.3 Å². The Bertz CT molecular complexity index is 427. The number of hydrogen-bond donors (Lipinski definition) is 1. The van der Waals surface area contributed by atoms with Gasteiger partial charge in [-0.05, 0) is 43.9 Å². The van der Waals surface area contributed by atoms with Crippen molar-refractivity contribution in [2.24, 2.45) is 0 Å². The zero-order valence-electron chi connectivity index (χ0n) is 10.1. The molecule has 1 aromatic rings. The topological polar surface area (TPSA) is 69.2 Å². The maximum atomic E-state index is 11.5.